The molecule has 1 aliphatic heterocycles. The first-order valence-corrected chi connectivity index (χ1v) is 7.46. The van der Waals surface area contributed by atoms with Gasteiger partial charge in [-0.05, 0) is 36.4 Å². The van der Waals surface area contributed by atoms with Crippen LogP contribution in [0.4, 0.5) is 10.1 Å². The number of rotatable bonds is 3. The van der Waals surface area contributed by atoms with Gasteiger partial charge in [-0.25, -0.2) is 4.39 Å². The lowest BCUT2D eigenvalue weighted by Gasteiger charge is -2.09. The normalized spacial score (nSPS) is 16.8. The third-order valence-corrected chi connectivity index (χ3v) is 3.76. The SMILES string of the molecule is O=C(Nc1ccc(Br)cc1)[C@H]1CC(c2cccc(F)c2)=NO1. The quantitative estimate of drug-likeness (QED) is 0.904. The zero-order chi connectivity index (χ0) is 15.5. The Hall–Kier alpha value is -2.21. The van der Waals surface area contributed by atoms with Crippen molar-refractivity contribution in [2.45, 2.75) is 12.5 Å². The summed E-state index contributed by atoms with van der Waals surface area (Å²) >= 11 is 3.33. The molecule has 2 aromatic carbocycles. The molecule has 1 amide bonds. The van der Waals surface area contributed by atoms with Gasteiger partial charge in [-0.2, -0.15) is 0 Å². The van der Waals surface area contributed by atoms with E-state index in [0.717, 1.165) is 4.47 Å². The lowest BCUT2D eigenvalue weighted by Crippen LogP contribution is -2.28. The van der Waals surface area contributed by atoms with Gasteiger partial charge in [-0.1, -0.05) is 33.2 Å². The van der Waals surface area contributed by atoms with Crippen LogP contribution in [0.2, 0.25) is 0 Å². The maximum absolute atomic E-state index is 13.2. The Labute approximate surface area is 135 Å². The maximum Gasteiger partial charge on any atom is 0.268 e. The maximum atomic E-state index is 13.2. The zero-order valence-corrected chi connectivity index (χ0v) is 13.0. The third-order valence-electron chi connectivity index (χ3n) is 3.23. The van der Waals surface area contributed by atoms with Gasteiger partial charge in [0.1, 0.15) is 5.82 Å². The average Bonchev–Trinajstić information content (AvgIpc) is 3.00. The molecule has 112 valence electrons. The van der Waals surface area contributed by atoms with Gasteiger partial charge >= 0.3 is 0 Å². The largest absolute Gasteiger partial charge is 0.382 e. The topological polar surface area (TPSA) is 50.7 Å². The highest BCUT2D eigenvalue weighted by Gasteiger charge is 2.29. The van der Waals surface area contributed by atoms with E-state index in [1.165, 1.54) is 12.1 Å². The lowest BCUT2D eigenvalue weighted by molar-refractivity contribution is -0.125. The Kier molecular flexibility index (Phi) is 4.20. The van der Waals surface area contributed by atoms with Gasteiger partial charge in [0.05, 0.1) is 5.71 Å². The predicted octanol–water partition coefficient (Wildman–Crippen LogP) is 3.72. The van der Waals surface area contributed by atoms with Crippen molar-refractivity contribution in [3.8, 4) is 0 Å². The van der Waals surface area contributed by atoms with Crippen molar-refractivity contribution in [3.63, 3.8) is 0 Å². The molecule has 0 aromatic heterocycles. The molecule has 1 atom stereocenters. The van der Waals surface area contributed by atoms with Crippen molar-refractivity contribution in [1.82, 2.24) is 0 Å². The van der Waals surface area contributed by atoms with E-state index < -0.39 is 6.10 Å². The first-order chi connectivity index (χ1) is 10.6. The fraction of sp³-hybridized carbons (Fsp3) is 0.125. The molecule has 1 N–H and O–H groups in total. The molecule has 0 unspecified atom stereocenters. The van der Waals surface area contributed by atoms with Crippen LogP contribution >= 0.6 is 15.9 Å². The molecular weight excluding hydrogens is 351 g/mol. The van der Waals surface area contributed by atoms with Crippen molar-refractivity contribution in [2.75, 3.05) is 5.32 Å². The fourth-order valence-electron chi connectivity index (χ4n) is 2.11. The van der Waals surface area contributed by atoms with Crippen LogP contribution in [0, 0.1) is 5.82 Å². The molecule has 6 heteroatoms. The van der Waals surface area contributed by atoms with E-state index >= 15 is 0 Å². The minimum absolute atomic E-state index is 0.280. The Bertz CT molecular complexity index is 731. The molecule has 1 heterocycles. The molecule has 0 spiro atoms. The summed E-state index contributed by atoms with van der Waals surface area (Å²) in [6.07, 6.45) is -0.395. The Morgan fingerprint density at radius 1 is 1.27 bits per heavy atom. The molecule has 0 fully saturated rings. The Balaban J connectivity index is 1.64. The van der Waals surface area contributed by atoms with Crippen LogP contribution < -0.4 is 5.32 Å². The number of anilines is 1. The van der Waals surface area contributed by atoms with Crippen molar-refractivity contribution in [2.24, 2.45) is 5.16 Å². The summed E-state index contributed by atoms with van der Waals surface area (Å²) in [6.45, 7) is 0. The van der Waals surface area contributed by atoms with E-state index in [2.05, 4.69) is 26.4 Å². The standard InChI is InChI=1S/C16H12BrFN2O2/c17-11-4-6-13(7-5-11)19-16(21)15-9-14(20-22-15)10-2-1-3-12(18)8-10/h1-8,15H,9H2,(H,19,21)/t15-/m1/s1. The molecule has 0 saturated heterocycles. The summed E-state index contributed by atoms with van der Waals surface area (Å²) in [7, 11) is 0. The molecule has 1 aliphatic rings. The van der Waals surface area contributed by atoms with E-state index in [4.69, 9.17) is 4.84 Å². The van der Waals surface area contributed by atoms with E-state index in [9.17, 15) is 9.18 Å². The number of hydrogen-bond acceptors (Lipinski definition) is 3. The number of nitrogens with zero attached hydrogens (tertiary/aromatic N) is 1. The zero-order valence-electron chi connectivity index (χ0n) is 11.4. The number of hydrogen-bond donors (Lipinski definition) is 1. The minimum atomic E-state index is -0.707. The molecule has 0 bridgehead atoms. The van der Waals surface area contributed by atoms with E-state index in [1.54, 1.807) is 24.3 Å². The number of carbonyl (C=O) groups is 1. The number of benzene rings is 2. The number of carbonyl (C=O) groups excluding carboxylic acids is 1. The second-order valence-corrected chi connectivity index (χ2v) is 5.76. The predicted molar refractivity (Wildman–Crippen MR) is 85.2 cm³/mol. The van der Waals surface area contributed by atoms with Gasteiger partial charge in [-0.3, -0.25) is 4.79 Å². The summed E-state index contributed by atoms with van der Waals surface area (Å²) in [5.41, 5.74) is 1.87. The van der Waals surface area contributed by atoms with Gasteiger partial charge in [0.2, 0.25) is 6.10 Å². The van der Waals surface area contributed by atoms with Crippen LogP contribution in [0.3, 0.4) is 0 Å². The summed E-state index contributed by atoms with van der Waals surface area (Å²) in [4.78, 5) is 17.3. The lowest BCUT2D eigenvalue weighted by atomic mass is 10.0. The van der Waals surface area contributed by atoms with Crippen LogP contribution in [-0.2, 0) is 9.63 Å². The van der Waals surface area contributed by atoms with Crippen molar-refractivity contribution >= 4 is 33.2 Å². The van der Waals surface area contributed by atoms with Gasteiger partial charge in [0.25, 0.3) is 5.91 Å². The highest BCUT2D eigenvalue weighted by atomic mass is 79.9. The Morgan fingerprint density at radius 2 is 2.05 bits per heavy atom. The Morgan fingerprint density at radius 3 is 2.77 bits per heavy atom. The molecule has 0 radical (unpaired) electrons. The van der Waals surface area contributed by atoms with Crippen LogP contribution in [-0.4, -0.2) is 17.7 Å². The van der Waals surface area contributed by atoms with Crippen molar-refractivity contribution in [3.05, 3.63) is 64.4 Å². The van der Waals surface area contributed by atoms with Crippen molar-refractivity contribution in [1.29, 1.82) is 0 Å². The minimum Gasteiger partial charge on any atom is -0.382 e. The highest BCUT2D eigenvalue weighted by molar-refractivity contribution is 9.10. The fourth-order valence-corrected chi connectivity index (χ4v) is 2.38. The molecule has 0 aliphatic carbocycles. The summed E-state index contributed by atoms with van der Waals surface area (Å²) < 4.78 is 14.1. The second kappa shape index (κ2) is 6.27. The molecular formula is C16H12BrFN2O2. The molecule has 22 heavy (non-hydrogen) atoms. The molecule has 2 aromatic rings. The monoisotopic (exact) mass is 362 g/mol. The van der Waals surface area contributed by atoms with Crippen LogP contribution in [0.1, 0.15) is 12.0 Å². The van der Waals surface area contributed by atoms with E-state index in [0.29, 0.717) is 23.4 Å². The number of halogens is 2. The smallest absolute Gasteiger partial charge is 0.268 e. The number of nitrogens with one attached hydrogen (secondary N) is 1. The third kappa shape index (κ3) is 3.33. The van der Waals surface area contributed by atoms with Crippen LogP contribution in [0.15, 0.2) is 58.2 Å². The summed E-state index contributed by atoms with van der Waals surface area (Å²) in [5.74, 6) is -0.625. The summed E-state index contributed by atoms with van der Waals surface area (Å²) in [5, 5.41) is 6.65. The van der Waals surface area contributed by atoms with Crippen LogP contribution in [0.5, 0.6) is 0 Å². The van der Waals surface area contributed by atoms with Gasteiger partial charge in [0.15, 0.2) is 0 Å². The first-order valence-electron chi connectivity index (χ1n) is 6.67. The first kappa shape index (κ1) is 14.7. The summed E-state index contributed by atoms with van der Waals surface area (Å²) in [6, 6.07) is 13.3. The molecule has 4 nitrogen and oxygen atoms in total. The van der Waals surface area contributed by atoms with Crippen molar-refractivity contribution < 1.29 is 14.0 Å². The number of oxime groups is 1. The van der Waals surface area contributed by atoms with E-state index in [1.807, 2.05) is 12.1 Å². The van der Waals surface area contributed by atoms with Gasteiger partial charge in [-0.15, -0.1) is 0 Å². The number of amides is 1. The van der Waals surface area contributed by atoms with Gasteiger partial charge in [0, 0.05) is 22.1 Å². The van der Waals surface area contributed by atoms with E-state index in [-0.39, 0.29) is 11.7 Å². The second-order valence-electron chi connectivity index (χ2n) is 4.84. The average molecular weight is 363 g/mol. The molecule has 0 saturated carbocycles. The van der Waals surface area contributed by atoms with Crippen LogP contribution in [0.25, 0.3) is 0 Å². The highest BCUT2D eigenvalue weighted by Crippen LogP contribution is 2.20. The van der Waals surface area contributed by atoms with Gasteiger partial charge < -0.3 is 10.2 Å². The molecule has 3 rings (SSSR count).